The van der Waals surface area contributed by atoms with Crippen LogP contribution in [0.3, 0.4) is 0 Å². The summed E-state index contributed by atoms with van der Waals surface area (Å²) in [7, 11) is 0. The molecule has 0 amide bonds. The van der Waals surface area contributed by atoms with Crippen molar-refractivity contribution in [1.82, 2.24) is 14.5 Å². The van der Waals surface area contributed by atoms with Gasteiger partial charge in [-0.2, -0.15) is 26.3 Å². The Bertz CT molecular complexity index is 3230. The Labute approximate surface area is 364 Å². The van der Waals surface area contributed by atoms with Crippen LogP contribution in [-0.4, -0.2) is 14.5 Å². The Hall–Kier alpha value is -7.78. The fourth-order valence-corrected chi connectivity index (χ4v) is 8.54. The minimum atomic E-state index is -4.68. The van der Waals surface area contributed by atoms with Gasteiger partial charge in [0.1, 0.15) is 0 Å². The minimum absolute atomic E-state index is 0.211. The van der Waals surface area contributed by atoms with Gasteiger partial charge >= 0.3 is 12.4 Å². The molecule has 0 unspecified atom stereocenters. The van der Waals surface area contributed by atoms with Crippen molar-refractivity contribution in [2.75, 3.05) is 0 Å². The van der Waals surface area contributed by atoms with Gasteiger partial charge in [0.25, 0.3) is 0 Å². The highest BCUT2D eigenvalue weighted by Crippen LogP contribution is 2.46. The molecule has 9 heteroatoms. The topological polar surface area (TPSA) is 30.7 Å². The first kappa shape index (κ1) is 40.3. The fourth-order valence-electron chi connectivity index (χ4n) is 8.54. The van der Waals surface area contributed by atoms with Crippen LogP contribution in [0.2, 0.25) is 0 Å². The van der Waals surface area contributed by atoms with Crippen molar-refractivity contribution >= 4 is 21.8 Å². The number of aromatic nitrogens is 3. The number of aryl methyl sites for hydroxylation is 1. The first-order valence-electron chi connectivity index (χ1n) is 20.5. The quantitative estimate of drug-likeness (QED) is 0.150. The zero-order valence-corrected chi connectivity index (χ0v) is 34.1. The molecule has 0 radical (unpaired) electrons. The average molecular weight is 852 g/mol. The van der Waals surface area contributed by atoms with E-state index in [0.717, 1.165) is 62.9 Å². The Balaban J connectivity index is 1.35. The SMILES string of the molecule is Cc1ccccc1-c1ccc2c(c1)c1ccccc1n2-c1c(-c2cccc(C(F)(F)F)c2)cc(-c2cc(-c3ccccc3)nc(-c3ccccc3)n2)cc1-c1cccc(C(F)(F)F)c1. The Morgan fingerprint density at radius 3 is 1.48 bits per heavy atom. The molecule has 0 saturated carbocycles. The van der Waals surface area contributed by atoms with Crippen molar-refractivity contribution in [1.29, 1.82) is 0 Å². The molecule has 0 atom stereocenters. The summed E-state index contributed by atoms with van der Waals surface area (Å²) in [5.74, 6) is 0.397. The molecule has 3 nitrogen and oxygen atoms in total. The van der Waals surface area contributed by atoms with Gasteiger partial charge in [-0.3, -0.25) is 0 Å². The molecule has 0 aliphatic heterocycles. The molecule has 0 N–H and O–H groups in total. The van der Waals surface area contributed by atoms with Gasteiger partial charge in [0.05, 0.1) is 39.2 Å². The summed E-state index contributed by atoms with van der Waals surface area (Å²) in [6.45, 7) is 2.04. The van der Waals surface area contributed by atoms with Gasteiger partial charge in [0, 0.05) is 38.6 Å². The highest BCUT2D eigenvalue weighted by atomic mass is 19.4. The van der Waals surface area contributed by atoms with Crippen LogP contribution < -0.4 is 0 Å². The van der Waals surface area contributed by atoms with Gasteiger partial charge in [0.2, 0.25) is 0 Å². The van der Waals surface area contributed by atoms with E-state index in [2.05, 4.69) is 6.07 Å². The molecule has 2 heterocycles. The summed E-state index contributed by atoms with van der Waals surface area (Å²) in [5, 5.41) is 1.72. The first-order chi connectivity index (χ1) is 30.9. The van der Waals surface area contributed by atoms with Gasteiger partial charge in [-0.05, 0) is 95.4 Å². The van der Waals surface area contributed by atoms with Crippen molar-refractivity contribution < 1.29 is 26.3 Å². The molecule has 10 rings (SSSR count). The molecular weight excluding hydrogens is 817 g/mol. The van der Waals surface area contributed by atoms with Gasteiger partial charge in [-0.25, -0.2) is 9.97 Å². The molecule has 0 fully saturated rings. The smallest absolute Gasteiger partial charge is 0.308 e. The summed E-state index contributed by atoms with van der Waals surface area (Å²) in [5.41, 5.74) is 7.29. The molecule has 0 saturated heterocycles. The van der Waals surface area contributed by atoms with E-state index in [-0.39, 0.29) is 11.1 Å². The van der Waals surface area contributed by atoms with E-state index < -0.39 is 23.5 Å². The van der Waals surface area contributed by atoms with Crippen molar-refractivity contribution in [2.45, 2.75) is 19.3 Å². The summed E-state index contributed by atoms with van der Waals surface area (Å²) < 4.78 is 89.6. The van der Waals surface area contributed by atoms with E-state index in [1.165, 1.54) is 12.1 Å². The van der Waals surface area contributed by atoms with Crippen LogP contribution in [-0.2, 0) is 12.4 Å². The maximum atomic E-state index is 14.6. The number of hydrogen-bond acceptors (Lipinski definition) is 2. The molecule has 8 aromatic carbocycles. The van der Waals surface area contributed by atoms with E-state index in [1.54, 1.807) is 30.3 Å². The second kappa shape index (κ2) is 15.8. The Kier molecular flexibility index (Phi) is 9.98. The maximum Gasteiger partial charge on any atom is 0.416 e. The molecule has 10 aromatic rings. The van der Waals surface area contributed by atoms with Crippen molar-refractivity contribution in [3.8, 4) is 73.0 Å². The molecule has 0 bridgehead atoms. The highest BCUT2D eigenvalue weighted by Gasteiger charge is 2.33. The predicted octanol–water partition coefficient (Wildman–Crippen LogP) is 15.9. The van der Waals surface area contributed by atoms with Gasteiger partial charge in [0.15, 0.2) is 5.82 Å². The van der Waals surface area contributed by atoms with Gasteiger partial charge in [-0.1, -0.05) is 133 Å². The molecule has 312 valence electrons. The molecule has 0 aliphatic rings. The van der Waals surface area contributed by atoms with E-state index in [0.29, 0.717) is 50.6 Å². The average Bonchev–Trinajstić information content (AvgIpc) is 3.64. The zero-order chi connectivity index (χ0) is 44.2. The number of alkyl halides is 6. The number of halogens is 6. The number of nitrogens with zero attached hydrogens (tertiary/aromatic N) is 3. The Morgan fingerprint density at radius 1 is 0.375 bits per heavy atom. The molecule has 0 aliphatic carbocycles. The molecule has 64 heavy (non-hydrogen) atoms. The molecular formula is C55H35F6N3. The third-order valence-electron chi connectivity index (χ3n) is 11.6. The lowest BCUT2D eigenvalue weighted by atomic mass is 9.90. The van der Waals surface area contributed by atoms with E-state index in [4.69, 9.17) is 9.97 Å². The van der Waals surface area contributed by atoms with Crippen molar-refractivity contribution in [3.05, 3.63) is 211 Å². The fraction of sp³-hybridized carbons (Fsp3) is 0.0545. The van der Waals surface area contributed by atoms with Crippen molar-refractivity contribution in [3.63, 3.8) is 0 Å². The number of para-hydroxylation sites is 1. The number of hydrogen-bond donors (Lipinski definition) is 0. The number of rotatable bonds is 7. The summed E-state index contributed by atoms with van der Waals surface area (Å²) >= 11 is 0. The summed E-state index contributed by atoms with van der Waals surface area (Å²) in [6.07, 6.45) is -9.36. The van der Waals surface area contributed by atoms with Crippen LogP contribution in [0.15, 0.2) is 194 Å². The van der Waals surface area contributed by atoms with E-state index in [9.17, 15) is 26.3 Å². The number of benzene rings is 8. The third-order valence-corrected chi connectivity index (χ3v) is 11.6. The molecule has 2 aromatic heterocycles. The summed E-state index contributed by atoms with van der Waals surface area (Å²) in [4.78, 5) is 9.98. The second-order valence-corrected chi connectivity index (χ2v) is 15.7. The van der Waals surface area contributed by atoms with Crippen LogP contribution in [0.25, 0.3) is 94.8 Å². The second-order valence-electron chi connectivity index (χ2n) is 15.7. The van der Waals surface area contributed by atoms with Crippen LogP contribution in [0, 0.1) is 6.92 Å². The van der Waals surface area contributed by atoms with Gasteiger partial charge < -0.3 is 4.57 Å². The van der Waals surface area contributed by atoms with Gasteiger partial charge in [-0.15, -0.1) is 0 Å². The van der Waals surface area contributed by atoms with Crippen LogP contribution in [0.1, 0.15) is 16.7 Å². The lowest BCUT2D eigenvalue weighted by molar-refractivity contribution is -0.138. The minimum Gasteiger partial charge on any atom is -0.308 e. The van der Waals surface area contributed by atoms with Crippen LogP contribution in [0.5, 0.6) is 0 Å². The van der Waals surface area contributed by atoms with E-state index in [1.807, 2.05) is 133 Å². The lowest BCUT2D eigenvalue weighted by Gasteiger charge is -2.22. The van der Waals surface area contributed by atoms with E-state index >= 15 is 0 Å². The highest BCUT2D eigenvalue weighted by molar-refractivity contribution is 6.12. The number of fused-ring (bicyclic) bond motifs is 3. The first-order valence-corrected chi connectivity index (χ1v) is 20.5. The third kappa shape index (κ3) is 7.49. The van der Waals surface area contributed by atoms with Crippen LogP contribution in [0.4, 0.5) is 26.3 Å². The predicted molar refractivity (Wildman–Crippen MR) is 244 cm³/mol. The standard InChI is InChI=1S/C55H35F6N3/c1-34-14-8-9-23-43(34)39-26-27-51-47(30-39)44-24-10-11-25-50(44)64(51)52-45(37-19-12-21-41(28-37)54(56,57)58)31-40(32-46(52)38-20-13-22-42(29-38)55(59,60)61)49-33-48(35-15-4-2-5-16-35)62-53(63-49)36-17-6-3-7-18-36/h2-33H,1H3. The lowest BCUT2D eigenvalue weighted by Crippen LogP contribution is -2.07. The largest absolute Gasteiger partial charge is 0.416 e. The normalized spacial score (nSPS) is 12.0. The Morgan fingerprint density at radius 2 is 0.875 bits per heavy atom. The zero-order valence-electron chi connectivity index (χ0n) is 34.1. The summed E-state index contributed by atoms with van der Waals surface area (Å²) in [6, 6.07) is 56.2. The monoisotopic (exact) mass is 851 g/mol. The van der Waals surface area contributed by atoms with Crippen LogP contribution >= 0.6 is 0 Å². The maximum absolute atomic E-state index is 14.6. The van der Waals surface area contributed by atoms with Crippen molar-refractivity contribution in [2.24, 2.45) is 0 Å². The molecule has 0 spiro atoms.